The zero-order chi connectivity index (χ0) is 11.5. The molecule has 2 nitrogen and oxygen atoms in total. The van der Waals surface area contributed by atoms with Crippen molar-refractivity contribution in [1.29, 1.82) is 0 Å². The van der Waals surface area contributed by atoms with Gasteiger partial charge in [-0.2, -0.15) is 0 Å². The van der Waals surface area contributed by atoms with Gasteiger partial charge in [0.25, 0.3) is 0 Å². The Morgan fingerprint density at radius 3 is 2.62 bits per heavy atom. The van der Waals surface area contributed by atoms with Gasteiger partial charge in [0.2, 0.25) is 0 Å². The average Bonchev–Trinajstić information content (AvgIpc) is 2.28. The molecule has 0 saturated carbocycles. The summed E-state index contributed by atoms with van der Waals surface area (Å²) in [6, 6.07) is 3.75. The minimum atomic E-state index is -0.917. The lowest BCUT2D eigenvalue weighted by atomic mass is 9.88. The van der Waals surface area contributed by atoms with Gasteiger partial charge in [-0.05, 0) is 54.5 Å². The first-order valence-electron chi connectivity index (χ1n) is 5.40. The van der Waals surface area contributed by atoms with Crippen molar-refractivity contribution in [2.24, 2.45) is 0 Å². The second-order valence-corrected chi connectivity index (χ2v) is 4.38. The molecule has 1 N–H and O–H groups in total. The number of benzene rings is 1. The molecule has 1 aliphatic rings. The van der Waals surface area contributed by atoms with E-state index >= 15 is 0 Å². The predicted octanol–water partition coefficient (Wildman–Crippen LogP) is 3.32. The number of fused-ring (bicyclic) bond motifs is 1. The molecule has 0 radical (unpaired) electrons. The maximum absolute atomic E-state index is 10.5. The zero-order valence-corrected chi connectivity index (χ0v) is 9.63. The van der Waals surface area contributed by atoms with Gasteiger partial charge in [0, 0.05) is 11.1 Å². The average molecular weight is 237 g/mol. The van der Waals surface area contributed by atoms with Gasteiger partial charge in [0.05, 0.1) is 0 Å². The van der Waals surface area contributed by atoms with E-state index in [0.717, 1.165) is 29.8 Å². The molecule has 3 heteroatoms. The normalized spacial score (nSPS) is 15.1. The highest BCUT2D eigenvalue weighted by Crippen LogP contribution is 2.31. The van der Waals surface area contributed by atoms with Crippen LogP contribution in [0.3, 0.4) is 0 Å². The van der Waals surface area contributed by atoms with Gasteiger partial charge in [-0.3, -0.25) is 0 Å². The summed E-state index contributed by atoms with van der Waals surface area (Å²) in [5, 5.41) is 9.43. The van der Waals surface area contributed by atoms with Gasteiger partial charge < -0.3 is 5.11 Å². The van der Waals surface area contributed by atoms with Crippen LogP contribution in [0, 0.1) is 0 Å². The summed E-state index contributed by atoms with van der Waals surface area (Å²) in [6.07, 6.45) is 7.15. The fourth-order valence-electron chi connectivity index (χ4n) is 2.17. The van der Waals surface area contributed by atoms with Gasteiger partial charge in [-0.25, -0.2) is 4.79 Å². The topological polar surface area (TPSA) is 37.3 Å². The van der Waals surface area contributed by atoms with Crippen LogP contribution in [0.1, 0.15) is 29.5 Å². The molecule has 0 aliphatic heterocycles. The number of halogens is 1. The molecule has 1 aromatic carbocycles. The Balaban J connectivity index is 2.43. The molecular weight excluding hydrogens is 224 g/mol. The van der Waals surface area contributed by atoms with Crippen molar-refractivity contribution < 1.29 is 9.90 Å². The maximum Gasteiger partial charge on any atom is 0.328 e. The summed E-state index contributed by atoms with van der Waals surface area (Å²) in [5.41, 5.74) is 3.40. The number of hydrogen-bond donors (Lipinski definition) is 1. The third kappa shape index (κ3) is 2.27. The van der Waals surface area contributed by atoms with Crippen molar-refractivity contribution in [3.8, 4) is 0 Å². The molecule has 0 heterocycles. The van der Waals surface area contributed by atoms with E-state index in [4.69, 9.17) is 16.7 Å². The fourth-order valence-corrected chi connectivity index (χ4v) is 2.44. The highest BCUT2D eigenvalue weighted by atomic mass is 35.5. The van der Waals surface area contributed by atoms with Gasteiger partial charge in [0.1, 0.15) is 0 Å². The first-order chi connectivity index (χ1) is 7.68. The third-order valence-corrected chi connectivity index (χ3v) is 3.27. The quantitative estimate of drug-likeness (QED) is 0.800. The second-order valence-electron chi connectivity index (χ2n) is 3.97. The Hall–Kier alpha value is -1.28. The van der Waals surface area contributed by atoms with E-state index in [2.05, 4.69) is 0 Å². The minimum absolute atomic E-state index is 0.808. The van der Waals surface area contributed by atoms with Crippen LogP contribution >= 0.6 is 11.6 Å². The van der Waals surface area contributed by atoms with E-state index in [1.54, 1.807) is 6.08 Å². The summed E-state index contributed by atoms with van der Waals surface area (Å²) >= 11 is 6.14. The van der Waals surface area contributed by atoms with Crippen LogP contribution < -0.4 is 0 Å². The molecule has 0 saturated heterocycles. The minimum Gasteiger partial charge on any atom is -0.478 e. The second kappa shape index (κ2) is 4.71. The largest absolute Gasteiger partial charge is 0.478 e. The fraction of sp³-hybridized carbons (Fsp3) is 0.308. The number of hydrogen-bond acceptors (Lipinski definition) is 1. The number of carboxylic acid groups (broad SMARTS) is 1. The molecule has 0 fully saturated rings. The molecule has 16 heavy (non-hydrogen) atoms. The lowest BCUT2D eigenvalue weighted by Crippen LogP contribution is -2.05. The molecule has 0 bridgehead atoms. The lowest BCUT2D eigenvalue weighted by molar-refractivity contribution is -0.131. The van der Waals surface area contributed by atoms with Crippen molar-refractivity contribution >= 4 is 23.6 Å². The standard InChI is InChI=1S/C13H13ClO2/c14-12-7-5-9(6-8-13(15)16)10-3-1-2-4-11(10)12/h5-8H,1-4H2,(H,15,16). The van der Waals surface area contributed by atoms with E-state index < -0.39 is 5.97 Å². The summed E-state index contributed by atoms with van der Waals surface area (Å²) in [6.45, 7) is 0. The van der Waals surface area contributed by atoms with Crippen LogP contribution in [-0.2, 0) is 17.6 Å². The number of carboxylic acids is 1. The van der Waals surface area contributed by atoms with Crippen LogP contribution in [-0.4, -0.2) is 11.1 Å². The number of carbonyl (C=O) groups is 1. The van der Waals surface area contributed by atoms with E-state index in [1.165, 1.54) is 23.6 Å². The molecule has 1 aliphatic carbocycles. The summed E-state index contributed by atoms with van der Waals surface area (Å²) < 4.78 is 0. The molecule has 0 atom stereocenters. The van der Waals surface area contributed by atoms with Crippen LogP contribution in [0.2, 0.25) is 5.02 Å². The first-order valence-corrected chi connectivity index (χ1v) is 5.77. The lowest BCUT2D eigenvalue weighted by Gasteiger charge is -2.19. The molecular formula is C13H13ClO2. The Kier molecular flexibility index (Phi) is 3.30. The molecule has 0 unspecified atom stereocenters. The van der Waals surface area contributed by atoms with E-state index in [-0.39, 0.29) is 0 Å². The van der Waals surface area contributed by atoms with Crippen molar-refractivity contribution in [2.75, 3.05) is 0 Å². The predicted molar refractivity (Wildman–Crippen MR) is 64.8 cm³/mol. The Morgan fingerprint density at radius 1 is 1.25 bits per heavy atom. The molecule has 1 aromatic rings. The number of rotatable bonds is 2. The van der Waals surface area contributed by atoms with Crippen molar-refractivity contribution in [2.45, 2.75) is 25.7 Å². The van der Waals surface area contributed by atoms with Crippen LogP contribution in [0.15, 0.2) is 18.2 Å². The van der Waals surface area contributed by atoms with Gasteiger partial charge >= 0.3 is 5.97 Å². The Morgan fingerprint density at radius 2 is 1.94 bits per heavy atom. The zero-order valence-electron chi connectivity index (χ0n) is 8.87. The van der Waals surface area contributed by atoms with Crippen molar-refractivity contribution in [3.05, 3.63) is 39.9 Å². The van der Waals surface area contributed by atoms with Crippen LogP contribution in [0.25, 0.3) is 6.08 Å². The maximum atomic E-state index is 10.5. The molecule has 0 spiro atoms. The molecule has 0 aromatic heterocycles. The van der Waals surface area contributed by atoms with Gasteiger partial charge in [0.15, 0.2) is 0 Å². The van der Waals surface area contributed by atoms with Gasteiger partial charge in [-0.15, -0.1) is 0 Å². The van der Waals surface area contributed by atoms with Crippen molar-refractivity contribution in [3.63, 3.8) is 0 Å². The molecule has 2 rings (SSSR count). The smallest absolute Gasteiger partial charge is 0.328 e. The van der Waals surface area contributed by atoms with Crippen LogP contribution in [0.5, 0.6) is 0 Å². The van der Waals surface area contributed by atoms with E-state index in [9.17, 15) is 4.79 Å². The van der Waals surface area contributed by atoms with Crippen LogP contribution in [0.4, 0.5) is 0 Å². The molecule has 0 amide bonds. The monoisotopic (exact) mass is 236 g/mol. The van der Waals surface area contributed by atoms with E-state index in [1.807, 2.05) is 12.1 Å². The molecule has 84 valence electrons. The Bertz CT molecular complexity index is 449. The first kappa shape index (κ1) is 11.2. The highest BCUT2D eigenvalue weighted by molar-refractivity contribution is 6.31. The summed E-state index contributed by atoms with van der Waals surface area (Å²) in [7, 11) is 0. The van der Waals surface area contributed by atoms with E-state index in [0.29, 0.717) is 0 Å². The SMILES string of the molecule is O=C(O)C=Cc1ccc(Cl)c2c1CCCC2. The summed E-state index contributed by atoms with van der Waals surface area (Å²) in [5.74, 6) is -0.917. The summed E-state index contributed by atoms with van der Waals surface area (Å²) in [4.78, 5) is 10.5. The van der Waals surface area contributed by atoms with Crippen molar-refractivity contribution in [1.82, 2.24) is 0 Å². The number of aliphatic carboxylic acids is 1. The van der Waals surface area contributed by atoms with Gasteiger partial charge in [-0.1, -0.05) is 17.7 Å². The Labute approximate surface area is 99.5 Å². The third-order valence-electron chi connectivity index (χ3n) is 2.92. The highest BCUT2D eigenvalue weighted by Gasteiger charge is 2.14.